The summed E-state index contributed by atoms with van der Waals surface area (Å²) in [6, 6.07) is 1.52. The molecule has 0 aliphatic heterocycles. The first-order valence-electron chi connectivity index (χ1n) is 4.83. The molecule has 0 aliphatic rings. The summed E-state index contributed by atoms with van der Waals surface area (Å²) in [5.41, 5.74) is 0.355. The average Bonchev–Trinajstić information content (AvgIpc) is 2.56. The summed E-state index contributed by atoms with van der Waals surface area (Å²) in [4.78, 5) is 13.3. The van der Waals surface area contributed by atoms with E-state index in [2.05, 4.69) is 0 Å². The standard InChI is InChI=1S/C10H13Cl2NO3S/c1-13(4-6(14)5-16-2)10(15)7-3-8(11)17-9(7)12/h3,6,14H,4-5H2,1-2H3. The second-order valence-corrected chi connectivity index (χ2v) is 5.82. The highest BCUT2D eigenvalue weighted by atomic mass is 35.5. The van der Waals surface area contributed by atoms with E-state index in [1.165, 1.54) is 18.1 Å². The molecule has 0 bridgehead atoms. The number of likely N-dealkylation sites (N-methyl/N-ethyl adjacent to an activating group) is 1. The second kappa shape index (κ2) is 6.56. The average molecular weight is 298 g/mol. The maximum Gasteiger partial charge on any atom is 0.256 e. The number of methoxy groups -OCH3 is 1. The molecule has 1 aromatic heterocycles. The molecule has 0 radical (unpaired) electrons. The summed E-state index contributed by atoms with van der Waals surface area (Å²) >= 11 is 12.8. The Balaban J connectivity index is 2.66. The van der Waals surface area contributed by atoms with Gasteiger partial charge in [-0.25, -0.2) is 0 Å². The number of aliphatic hydroxyl groups is 1. The SMILES string of the molecule is COCC(O)CN(C)C(=O)c1cc(Cl)sc1Cl. The van der Waals surface area contributed by atoms with Crippen molar-refractivity contribution in [1.29, 1.82) is 0 Å². The van der Waals surface area contributed by atoms with Crippen LogP contribution < -0.4 is 0 Å². The highest BCUT2D eigenvalue weighted by Crippen LogP contribution is 2.31. The van der Waals surface area contributed by atoms with E-state index in [0.717, 1.165) is 11.3 Å². The molecule has 17 heavy (non-hydrogen) atoms. The number of carbonyl (C=O) groups is 1. The van der Waals surface area contributed by atoms with Gasteiger partial charge in [0.1, 0.15) is 4.34 Å². The minimum Gasteiger partial charge on any atom is -0.389 e. The van der Waals surface area contributed by atoms with Gasteiger partial charge in [-0.15, -0.1) is 11.3 Å². The summed E-state index contributed by atoms with van der Waals surface area (Å²) in [7, 11) is 3.07. The van der Waals surface area contributed by atoms with Gasteiger partial charge >= 0.3 is 0 Å². The molecular formula is C10H13Cl2NO3S. The molecule has 1 atom stereocenters. The van der Waals surface area contributed by atoms with Crippen LogP contribution in [0.1, 0.15) is 10.4 Å². The summed E-state index contributed by atoms with van der Waals surface area (Å²) in [5.74, 6) is -0.270. The molecule has 0 aliphatic carbocycles. The van der Waals surface area contributed by atoms with Crippen LogP contribution in [0.5, 0.6) is 0 Å². The zero-order valence-electron chi connectivity index (χ0n) is 9.44. The lowest BCUT2D eigenvalue weighted by Crippen LogP contribution is -2.36. The van der Waals surface area contributed by atoms with Crippen LogP contribution in [0.3, 0.4) is 0 Å². The van der Waals surface area contributed by atoms with Gasteiger partial charge in [0.05, 0.1) is 22.6 Å². The third-order valence-corrected chi connectivity index (χ3v) is 3.57. The number of halogens is 2. The van der Waals surface area contributed by atoms with Crippen molar-refractivity contribution in [3.05, 3.63) is 20.3 Å². The lowest BCUT2D eigenvalue weighted by Gasteiger charge is -2.20. The molecule has 1 heterocycles. The molecule has 0 saturated heterocycles. The van der Waals surface area contributed by atoms with E-state index in [1.54, 1.807) is 7.05 Å². The number of ether oxygens (including phenoxy) is 1. The Hall–Kier alpha value is -0.330. The summed E-state index contributed by atoms with van der Waals surface area (Å²) in [5, 5.41) is 9.51. The molecular weight excluding hydrogens is 285 g/mol. The van der Waals surface area contributed by atoms with Crippen molar-refractivity contribution in [2.24, 2.45) is 0 Å². The molecule has 7 heteroatoms. The fraction of sp³-hybridized carbons (Fsp3) is 0.500. The van der Waals surface area contributed by atoms with Gasteiger partial charge in [-0.3, -0.25) is 4.79 Å². The van der Waals surface area contributed by atoms with Gasteiger partial charge in [0.15, 0.2) is 0 Å². The first-order valence-corrected chi connectivity index (χ1v) is 6.40. The summed E-state index contributed by atoms with van der Waals surface area (Å²) < 4.78 is 5.60. The van der Waals surface area contributed by atoms with Gasteiger partial charge in [-0.05, 0) is 6.07 Å². The van der Waals surface area contributed by atoms with E-state index >= 15 is 0 Å². The molecule has 4 nitrogen and oxygen atoms in total. The number of carbonyl (C=O) groups excluding carboxylic acids is 1. The maximum absolute atomic E-state index is 12.0. The lowest BCUT2D eigenvalue weighted by molar-refractivity contribution is 0.0380. The number of aliphatic hydroxyl groups excluding tert-OH is 1. The van der Waals surface area contributed by atoms with Crippen molar-refractivity contribution in [3.8, 4) is 0 Å². The van der Waals surface area contributed by atoms with Crippen molar-refractivity contribution in [3.63, 3.8) is 0 Å². The first-order chi connectivity index (χ1) is 7.95. The van der Waals surface area contributed by atoms with Gasteiger partial charge in [0, 0.05) is 20.7 Å². The largest absolute Gasteiger partial charge is 0.389 e. The Bertz CT molecular complexity index is 397. The molecule has 1 unspecified atom stereocenters. The van der Waals surface area contributed by atoms with Crippen LogP contribution in [-0.4, -0.2) is 49.3 Å². The molecule has 1 rings (SSSR count). The van der Waals surface area contributed by atoms with Crippen LogP contribution >= 0.6 is 34.5 Å². The fourth-order valence-electron chi connectivity index (χ4n) is 1.34. The van der Waals surface area contributed by atoms with Crippen LogP contribution in [0, 0.1) is 0 Å². The number of hydrogen-bond donors (Lipinski definition) is 1. The minimum atomic E-state index is -0.721. The topological polar surface area (TPSA) is 49.8 Å². The molecule has 0 saturated carbocycles. The lowest BCUT2D eigenvalue weighted by atomic mass is 10.2. The Labute approximate surface area is 114 Å². The third-order valence-electron chi connectivity index (χ3n) is 2.08. The van der Waals surface area contributed by atoms with Gasteiger partial charge in [0.2, 0.25) is 0 Å². The third kappa shape index (κ3) is 4.12. The monoisotopic (exact) mass is 297 g/mol. The van der Waals surface area contributed by atoms with Crippen molar-refractivity contribution in [1.82, 2.24) is 4.90 Å². The Morgan fingerprint density at radius 2 is 2.29 bits per heavy atom. The van der Waals surface area contributed by atoms with Crippen LogP contribution in [0.25, 0.3) is 0 Å². The van der Waals surface area contributed by atoms with Gasteiger partial charge in [0.25, 0.3) is 5.91 Å². The molecule has 0 aromatic carbocycles. The van der Waals surface area contributed by atoms with Crippen LogP contribution in [0.2, 0.25) is 8.67 Å². The van der Waals surface area contributed by atoms with E-state index in [0.29, 0.717) is 14.2 Å². The van der Waals surface area contributed by atoms with E-state index in [4.69, 9.17) is 27.9 Å². The van der Waals surface area contributed by atoms with Crippen molar-refractivity contribution in [2.45, 2.75) is 6.10 Å². The van der Waals surface area contributed by atoms with Crippen molar-refractivity contribution in [2.75, 3.05) is 27.3 Å². The van der Waals surface area contributed by atoms with E-state index in [1.807, 2.05) is 0 Å². The van der Waals surface area contributed by atoms with Crippen LogP contribution in [-0.2, 0) is 4.74 Å². The van der Waals surface area contributed by atoms with Crippen LogP contribution in [0.4, 0.5) is 0 Å². The van der Waals surface area contributed by atoms with E-state index in [9.17, 15) is 9.90 Å². The first kappa shape index (κ1) is 14.7. The zero-order chi connectivity index (χ0) is 13.0. The molecule has 1 amide bonds. The van der Waals surface area contributed by atoms with Crippen LogP contribution in [0.15, 0.2) is 6.07 Å². The highest BCUT2D eigenvalue weighted by molar-refractivity contribution is 7.20. The maximum atomic E-state index is 12.0. The molecule has 1 aromatic rings. The fourth-order valence-corrected chi connectivity index (χ4v) is 2.78. The molecule has 1 N–H and O–H groups in total. The molecule has 0 spiro atoms. The van der Waals surface area contributed by atoms with Crippen molar-refractivity contribution < 1.29 is 14.6 Å². The normalized spacial score (nSPS) is 12.5. The zero-order valence-corrected chi connectivity index (χ0v) is 11.8. The van der Waals surface area contributed by atoms with E-state index in [-0.39, 0.29) is 19.1 Å². The molecule has 96 valence electrons. The smallest absolute Gasteiger partial charge is 0.256 e. The van der Waals surface area contributed by atoms with Gasteiger partial charge < -0.3 is 14.7 Å². The van der Waals surface area contributed by atoms with Gasteiger partial charge in [-0.1, -0.05) is 23.2 Å². The number of rotatable bonds is 5. The number of amides is 1. The Morgan fingerprint density at radius 3 is 2.76 bits per heavy atom. The number of thiophene rings is 1. The highest BCUT2D eigenvalue weighted by Gasteiger charge is 2.19. The predicted octanol–water partition coefficient (Wildman–Crippen LogP) is 2.13. The molecule has 0 fully saturated rings. The Morgan fingerprint density at radius 1 is 1.65 bits per heavy atom. The number of nitrogens with zero attached hydrogens (tertiary/aromatic N) is 1. The number of hydrogen-bond acceptors (Lipinski definition) is 4. The van der Waals surface area contributed by atoms with Crippen molar-refractivity contribution >= 4 is 40.4 Å². The summed E-state index contributed by atoms with van der Waals surface area (Å²) in [6.45, 7) is 0.353. The Kier molecular flexibility index (Phi) is 5.69. The predicted molar refractivity (Wildman–Crippen MR) is 69.2 cm³/mol. The quantitative estimate of drug-likeness (QED) is 0.906. The van der Waals surface area contributed by atoms with E-state index < -0.39 is 6.10 Å². The summed E-state index contributed by atoms with van der Waals surface area (Å²) in [6.07, 6.45) is -0.721. The minimum absolute atomic E-state index is 0.176. The second-order valence-electron chi connectivity index (χ2n) is 3.53. The van der Waals surface area contributed by atoms with Gasteiger partial charge in [-0.2, -0.15) is 0 Å².